The molecular weight excluding hydrogens is 96.1 g/mol. The monoisotopic (exact) mass is 110 g/mol. The predicted molar refractivity (Wildman–Crippen MR) is 36.8 cm³/mol. The van der Waals surface area contributed by atoms with Gasteiger partial charge < -0.3 is 0 Å². The van der Waals surface area contributed by atoms with Crippen molar-refractivity contribution in [3.8, 4) is 0 Å². The lowest BCUT2D eigenvalue weighted by Gasteiger charge is -2.05. The van der Waals surface area contributed by atoms with Crippen LogP contribution in [0.25, 0.3) is 0 Å². The van der Waals surface area contributed by atoms with E-state index in [2.05, 4.69) is 6.92 Å². The molecule has 0 N–H and O–H groups in total. The molecule has 2 aliphatic carbocycles. The Morgan fingerprint density at radius 1 is 1.38 bits per heavy atom. The molecular formula is C8H14. The van der Waals surface area contributed by atoms with Gasteiger partial charge in [0.1, 0.15) is 0 Å². The summed E-state index contributed by atoms with van der Waals surface area (Å²) < 4.78 is 0. The van der Waals surface area contributed by atoms with Crippen LogP contribution in [0, 0.1) is 5.92 Å². The topological polar surface area (TPSA) is 0 Å². The zero-order chi connectivity index (χ0) is 6.15. The number of allylic oxidation sites excluding steroid dienone is 2. The van der Waals surface area contributed by atoms with Crippen molar-refractivity contribution in [3.63, 3.8) is 0 Å². The second-order valence-corrected chi connectivity index (χ2v) is 2.30. The molecule has 2 rings (SSSR count). The first kappa shape index (κ1) is 5.87. The fourth-order valence-electron chi connectivity index (χ4n) is 1.31. The molecule has 0 radical (unpaired) electrons. The van der Waals surface area contributed by atoms with Gasteiger partial charge in [-0.2, -0.15) is 0 Å². The van der Waals surface area contributed by atoms with Crippen LogP contribution in [0.3, 0.4) is 0 Å². The van der Waals surface area contributed by atoms with Crippen molar-refractivity contribution in [1.29, 1.82) is 0 Å². The second-order valence-electron chi connectivity index (χ2n) is 2.30. The Morgan fingerprint density at radius 2 is 1.88 bits per heavy atom. The third-order valence-electron chi connectivity index (χ3n) is 2.07. The van der Waals surface area contributed by atoms with Gasteiger partial charge in [0, 0.05) is 5.92 Å². The molecule has 0 heteroatoms. The molecule has 8 heavy (non-hydrogen) atoms. The Balaban J connectivity index is 0.000000147. The van der Waals surface area contributed by atoms with E-state index in [1.807, 2.05) is 13.8 Å². The molecule has 0 spiro atoms. The van der Waals surface area contributed by atoms with Crippen LogP contribution in [0.5, 0.6) is 0 Å². The van der Waals surface area contributed by atoms with E-state index >= 15 is 0 Å². The van der Waals surface area contributed by atoms with E-state index < -0.39 is 0 Å². The minimum Gasteiger partial charge on any atom is -0.0683 e. The van der Waals surface area contributed by atoms with Crippen LogP contribution in [0.15, 0.2) is 11.1 Å². The molecule has 0 aliphatic heterocycles. The van der Waals surface area contributed by atoms with Crippen molar-refractivity contribution >= 4 is 0 Å². The molecule has 46 valence electrons. The molecule has 0 aromatic rings. The molecule has 0 bridgehead atoms. The highest BCUT2D eigenvalue weighted by Crippen LogP contribution is 2.54. The Hall–Kier alpha value is -0.260. The van der Waals surface area contributed by atoms with Gasteiger partial charge in [-0.05, 0) is 19.8 Å². The lowest BCUT2D eigenvalue weighted by atomic mass is 9.99. The van der Waals surface area contributed by atoms with Crippen LogP contribution in [-0.2, 0) is 0 Å². The van der Waals surface area contributed by atoms with E-state index in [1.54, 1.807) is 11.1 Å². The summed E-state index contributed by atoms with van der Waals surface area (Å²) in [6, 6.07) is 0. The Labute approximate surface area is 51.6 Å². The highest BCUT2D eigenvalue weighted by Gasteiger charge is 2.39. The number of rotatable bonds is 0. The number of fused-ring (bicyclic) bond motifs is 1. The molecule has 0 amide bonds. The van der Waals surface area contributed by atoms with Crippen LogP contribution < -0.4 is 0 Å². The van der Waals surface area contributed by atoms with E-state index in [4.69, 9.17) is 0 Å². The summed E-state index contributed by atoms with van der Waals surface area (Å²) in [5.41, 5.74) is 3.48. The third kappa shape index (κ3) is 0.594. The first-order valence-corrected chi connectivity index (χ1v) is 3.59. The van der Waals surface area contributed by atoms with Gasteiger partial charge >= 0.3 is 0 Å². The maximum atomic E-state index is 2.26. The van der Waals surface area contributed by atoms with Gasteiger partial charge in [-0.1, -0.05) is 25.0 Å². The van der Waals surface area contributed by atoms with Crippen molar-refractivity contribution in [2.75, 3.05) is 0 Å². The minimum absolute atomic E-state index is 1.03. The van der Waals surface area contributed by atoms with Gasteiger partial charge in [0.2, 0.25) is 0 Å². The van der Waals surface area contributed by atoms with Gasteiger partial charge in [-0.3, -0.25) is 0 Å². The molecule has 1 saturated carbocycles. The average molecular weight is 110 g/mol. The molecule has 1 atom stereocenters. The highest BCUT2D eigenvalue weighted by molar-refractivity contribution is 5.45. The minimum atomic E-state index is 1.03. The summed E-state index contributed by atoms with van der Waals surface area (Å²) in [5, 5.41) is 0. The van der Waals surface area contributed by atoms with Crippen LogP contribution in [0.1, 0.15) is 33.6 Å². The molecule has 1 unspecified atom stereocenters. The maximum absolute atomic E-state index is 2.26. The number of hydrogen-bond donors (Lipinski definition) is 0. The molecule has 0 aromatic heterocycles. The quantitative estimate of drug-likeness (QED) is 0.420. The van der Waals surface area contributed by atoms with Crippen LogP contribution in [0.4, 0.5) is 0 Å². The van der Waals surface area contributed by atoms with E-state index in [0.29, 0.717) is 0 Å². The normalized spacial score (nSPS) is 29.6. The molecule has 1 fully saturated rings. The summed E-state index contributed by atoms with van der Waals surface area (Å²) in [4.78, 5) is 0. The highest BCUT2D eigenvalue weighted by atomic mass is 14.4. The van der Waals surface area contributed by atoms with Crippen molar-refractivity contribution in [3.05, 3.63) is 11.1 Å². The SMILES string of the molecule is CC.CC1=C2CCC12. The van der Waals surface area contributed by atoms with Crippen LogP contribution >= 0.6 is 0 Å². The molecule has 0 saturated heterocycles. The summed E-state index contributed by atoms with van der Waals surface area (Å²) >= 11 is 0. The van der Waals surface area contributed by atoms with Gasteiger partial charge in [0.05, 0.1) is 0 Å². The van der Waals surface area contributed by atoms with Gasteiger partial charge in [0.15, 0.2) is 0 Å². The lowest BCUT2D eigenvalue weighted by molar-refractivity contribution is 0.632. The van der Waals surface area contributed by atoms with Crippen molar-refractivity contribution in [2.24, 2.45) is 5.92 Å². The average Bonchev–Trinajstić information content (AvgIpc) is 2.10. The standard InChI is InChI=1S/C6H8.C2H6/c1-4-5-2-3-6(4)5;1-2/h5H,2-3H2,1H3;1-2H3. The van der Waals surface area contributed by atoms with E-state index in [1.165, 1.54) is 12.8 Å². The summed E-state index contributed by atoms with van der Waals surface area (Å²) in [6.45, 7) is 6.26. The first-order chi connectivity index (χ1) is 3.89. The zero-order valence-electron chi connectivity index (χ0n) is 5.99. The third-order valence-corrected chi connectivity index (χ3v) is 2.07. The van der Waals surface area contributed by atoms with Gasteiger partial charge in [-0.15, -0.1) is 0 Å². The van der Waals surface area contributed by atoms with Gasteiger partial charge in [-0.25, -0.2) is 0 Å². The zero-order valence-corrected chi connectivity index (χ0v) is 5.99. The maximum Gasteiger partial charge on any atom is 0.00129 e. The summed E-state index contributed by atoms with van der Waals surface area (Å²) in [7, 11) is 0. The van der Waals surface area contributed by atoms with Gasteiger partial charge in [0.25, 0.3) is 0 Å². The Kier molecular flexibility index (Phi) is 1.41. The van der Waals surface area contributed by atoms with Crippen molar-refractivity contribution in [2.45, 2.75) is 33.6 Å². The fourth-order valence-corrected chi connectivity index (χ4v) is 1.31. The largest absolute Gasteiger partial charge is 0.0683 e. The van der Waals surface area contributed by atoms with Crippen LogP contribution in [-0.4, -0.2) is 0 Å². The molecule has 0 heterocycles. The molecule has 0 nitrogen and oxygen atoms in total. The Bertz CT molecular complexity index is 114. The predicted octanol–water partition coefficient (Wildman–Crippen LogP) is 2.75. The fraction of sp³-hybridized carbons (Fsp3) is 0.750. The van der Waals surface area contributed by atoms with Crippen molar-refractivity contribution in [1.82, 2.24) is 0 Å². The second kappa shape index (κ2) is 1.93. The molecule has 2 aliphatic rings. The van der Waals surface area contributed by atoms with E-state index in [9.17, 15) is 0 Å². The van der Waals surface area contributed by atoms with Crippen LogP contribution in [0.2, 0.25) is 0 Å². The lowest BCUT2D eigenvalue weighted by Crippen LogP contribution is -1.92. The van der Waals surface area contributed by atoms with E-state index in [0.717, 1.165) is 5.92 Å². The smallest absolute Gasteiger partial charge is 0.00129 e. The molecule has 0 aromatic carbocycles. The van der Waals surface area contributed by atoms with Crippen molar-refractivity contribution < 1.29 is 0 Å². The Morgan fingerprint density at radius 3 is 1.88 bits per heavy atom. The summed E-state index contributed by atoms with van der Waals surface area (Å²) in [6.07, 6.45) is 2.90. The van der Waals surface area contributed by atoms with E-state index in [-0.39, 0.29) is 0 Å². The summed E-state index contributed by atoms with van der Waals surface area (Å²) in [5.74, 6) is 1.03. The first-order valence-electron chi connectivity index (χ1n) is 3.59. The number of hydrogen-bond acceptors (Lipinski definition) is 0.